The molecule has 2 aliphatic carbocycles. The summed E-state index contributed by atoms with van der Waals surface area (Å²) in [6.07, 6.45) is 1.26. The second-order valence-corrected chi connectivity index (χ2v) is 8.28. The number of aliphatic carboxylic acids is 1. The van der Waals surface area contributed by atoms with E-state index in [2.05, 4.69) is 5.10 Å². The standard InChI is InChI=1S/C22H20ClF3N2O3/c23-16-6-3-5-15(22(24,25)26)18(16)20(29)19-14-4-1-2-7-17(14)28(27-19)13-10-8-12(9-11-13)21(30)31/h3,5-6,8,13H,1-2,4,7,9-11H2,(H,30,31). The maximum absolute atomic E-state index is 13.6. The molecule has 0 saturated carbocycles. The van der Waals surface area contributed by atoms with Crippen molar-refractivity contribution in [1.29, 1.82) is 0 Å². The molecule has 9 heteroatoms. The Labute approximate surface area is 181 Å². The van der Waals surface area contributed by atoms with Crippen LogP contribution in [0.15, 0.2) is 29.8 Å². The molecular weight excluding hydrogens is 433 g/mol. The fourth-order valence-corrected chi connectivity index (χ4v) is 4.72. The maximum Gasteiger partial charge on any atom is 0.417 e. The predicted molar refractivity (Wildman–Crippen MR) is 107 cm³/mol. The summed E-state index contributed by atoms with van der Waals surface area (Å²) in [6, 6.07) is 3.16. The topological polar surface area (TPSA) is 72.2 Å². The van der Waals surface area contributed by atoms with Gasteiger partial charge in [-0.25, -0.2) is 4.79 Å². The van der Waals surface area contributed by atoms with Gasteiger partial charge in [-0.1, -0.05) is 23.7 Å². The summed E-state index contributed by atoms with van der Waals surface area (Å²) < 4.78 is 42.4. The summed E-state index contributed by atoms with van der Waals surface area (Å²) in [4.78, 5) is 24.5. The van der Waals surface area contributed by atoms with Crippen LogP contribution in [-0.2, 0) is 23.8 Å². The van der Waals surface area contributed by atoms with Crippen molar-refractivity contribution in [2.24, 2.45) is 0 Å². The number of carboxylic acid groups (broad SMARTS) is 1. The molecule has 2 aliphatic rings. The molecule has 164 valence electrons. The number of nitrogens with zero attached hydrogens (tertiary/aromatic N) is 2. The number of halogens is 4. The first-order chi connectivity index (χ1) is 14.7. The first kappa shape index (κ1) is 21.6. The fraction of sp³-hybridized carbons (Fsp3) is 0.409. The van der Waals surface area contributed by atoms with Crippen molar-refractivity contribution >= 4 is 23.4 Å². The second-order valence-electron chi connectivity index (χ2n) is 7.88. The Balaban J connectivity index is 1.78. The van der Waals surface area contributed by atoms with Crippen molar-refractivity contribution in [3.8, 4) is 0 Å². The molecule has 1 aromatic heterocycles. The van der Waals surface area contributed by atoms with Crippen molar-refractivity contribution < 1.29 is 27.9 Å². The normalized spacial score (nSPS) is 19.0. The number of allylic oxidation sites excluding steroid dienone is 1. The van der Waals surface area contributed by atoms with Gasteiger partial charge in [-0.15, -0.1) is 0 Å². The number of carbonyl (C=O) groups excluding carboxylic acids is 1. The van der Waals surface area contributed by atoms with Crippen LogP contribution >= 0.6 is 11.6 Å². The predicted octanol–water partition coefficient (Wildman–Crippen LogP) is 5.40. The number of alkyl halides is 3. The molecule has 0 radical (unpaired) electrons. The van der Waals surface area contributed by atoms with Gasteiger partial charge in [0.1, 0.15) is 5.69 Å². The number of aromatic nitrogens is 2. The SMILES string of the molecule is O=C(O)C1=CCC(n2nc(C(=O)c3c(Cl)cccc3C(F)(F)F)c3c2CCCC3)CC1. The zero-order valence-corrected chi connectivity index (χ0v) is 17.3. The minimum absolute atomic E-state index is 0.0151. The quantitative estimate of drug-likeness (QED) is 0.630. The lowest BCUT2D eigenvalue weighted by molar-refractivity contribution is -0.138. The molecule has 1 unspecified atom stereocenters. The third kappa shape index (κ3) is 4.01. The van der Waals surface area contributed by atoms with Crippen LogP contribution in [0.5, 0.6) is 0 Å². The zero-order valence-electron chi connectivity index (χ0n) is 16.5. The van der Waals surface area contributed by atoms with E-state index in [0.29, 0.717) is 43.2 Å². The Morgan fingerprint density at radius 1 is 1.16 bits per heavy atom. The number of hydrogen-bond acceptors (Lipinski definition) is 3. The van der Waals surface area contributed by atoms with Gasteiger partial charge in [-0.2, -0.15) is 18.3 Å². The summed E-state index contributed by atoms with van der Waals surface area (Å²) in [5, 5.41) is 13.4. The van der Waals surface area contributed by atoms with Crippen molar-refractivity contribution in [3.63, 3.8) is 0 Å². The lowest BCUT2D eigenvalue weighted by atomic mass is 9.91. The summed E-state index contributed by atoms with van der Waals surface area (Å²) in [5.41, 5.74) is 0.243. The average Bonchev–Trinajstić information content (AvgIpc) is 3.12. The van der Waals surface area contributed by atoms with Crippen molar-refractivity contribution in [3.05, 3.63) is 62.9 Å². The van der Waals surface area contributed by atoms with E-state index in [4.69, 9.17) is 16.7 Å². The molecule has 2 aromatic rings. The van der Waals surface area contributed by atoms with E-state index in [0.717, 1.165) is 24.6 Å². The number of rotatable bonds is 4. The fourth-order valence-electron chi connectivity index (χ4n) is 4.46. The van der Waals surface area contributed by atoms with Gasteiger partial charge in [0.05, 0.1) is 22.2 Å². The minimum atomic E-state index is -4.72. The third-order valence-corrected chi connectivity index (χ3v) is 6.29. The van der Waals surface area contributed by atoms with Gasteiger partial charge in [0, 0.05) is 16.8 Å². The number of fused-ring (bicyclic) bond motifs is 1. The maximum atomic E-state index is 13.6. The Morgan fingerprint density at radius 2 is 1.90 bits per heavy atom. The first-order valence-corrected chi connectivity index (χ1v) is 10.5. The van der Waals surface area contributed by atoms with E-state index in [-0.39, 0.29) is 16.8 Å². The van der Waals surface area contributed by atoms with Crippen molar-refractivity contribution in [1.82, 2.24) is 9.78 Å². The summed E-state index contributed by atoms with van der Waals surface area (Å²) in [6.45, 7) is 0. The highest BCUT2D eigenvalue weighted by molar-refractivity contribution is 6.35. The number of hydrogen-bond donors (Lipinski definition) is 1. The third-order valence-electron chi connectivity index (χ3n) is 5.97. The van der Waals surface area contributed by atoms with Crippen LogP contribution in [0.2, 0.25) is 5.02 Å². The van der Waals surface area contributed by atoms with Crippen LogP contribution in [-0.4, -0.2) is 26.6 Å². The van der Waals surface area contributed by atoms with Gasteiger partial charge >= 0.3 is 12.1 Å². The van der Waals surface area contributed by atoms with E-state index in [1.165, 1.54) is 12.1 Å². The molecule has 1 aromatic carbocycles. The van der Waals surface area contributed by atoms with E-state index in [9.17, 15) is 22.8 Å². The van der Waals surface area contributed by atoms with Gasteiger partial charge in [0.2, 0.25) is 5.78 Å². The van der Waals surface area contributed by atoms with Gasteiger partial charge in [-0.3, -0.25) is 9.48 Å². The molecule has 31 heavy (non-hydrogen) atoms. The van der Waals surface area contributed by atoms with Gasteiger partial charge in [0.15, 0.2) is 0 Å². The Kier molecular flexibility index (Phi) is 5.68. The smallest absolute Gasteiger partial charge is 0.417 e. The van der Waals surface area contributed by atoms with Crippen LogP contribution in [0.1, 0.15) is 71.0 Å². The molecular formula is C22H20ClF3N2O3. The number of carboxylic acids is 1. The summed E-state index contributed by atoms with van der Waals surface area (Å²) in [7, 11) is 0. The molecule has 1 heterocycles. The van der Waals surface area contributed by atoms with Crippen LogP contribution in [0, 0.1) is 0 Å². The number of carbonyl (C=O) groups is 2. The lowest BCUT2D eigenvalue weighted by Crippen LogP contribution is -2.19. The molecule has 0 amide bonds. The van der Waals surface area contributed by atoms with Crippen LogP contribution in [0.25, 0.3) is 0 Å². The van der Waals surface area contributed by atoms with E-state index >= 15 is 0 Å². The van der Waals surface area contributed by atoms with Crippen LogP contribution in [0.4, 0.5) is 13.2 Å². The van der Waals surface area contributed by atoms with E-state index < -0.39 is 29.1 Å². The van der Waals surface area contributed by atoms with E-state index in [1.54, 1.807) is 10.8 Å². The first-order valence-electron chi connectivity index (χ1n) is 10.1. The summed E-state index contributed by atoms with van der Waals surface area (Å²) >= 11 is 6.05. The number of ketones is 1. The van der Waals surface area contributed by atoms with Gasteiger partial charge in [-0.05, 0) is 57.1 Å². The lowest BCUT2D eigenvalue weighted by Gasteiger charge is -2.24. The average molecular weight is 453 g/mol. The molecule has 0 aliphatic heterocycles. The molecule has 5 nitrogen and oxygen atoms in total. The number of benzene rings is 1. The molecule has 0 bridgehead atoms. The zero-order chi connectivity index (χ0) is 22.3. The highest BCUT2D eigenvalue weighted by Gasteiger charge is 2.38. The van der Waals surface area contributed by atoms with Crippen LogP contribution < -0.4 is 0 Å². The summed E-state index contributed by atoms with van der Waals surface area (Å²) in [5.74, 6) is -1.78. The molecule has 0 saturated heterocycles. The largest absolute Gasteiger partial charge is 0.478 e. The molecule has 4 rings (SSSR count). The van der Waals surface area contributed by atoms with E-state index in [1.807, 2.05) is 0 Å². The molecule has 1 atom stereocenters. The van der Waals surface area contributed by atoms with Gasteiger partial charge < -0.3 is 5.11 Å². The highest BCUT2D eigenvalue weighted by atomic mass is 35.5. The Bertz CT molecular complexity index is 1090. The van der Waals surface area contributed by atoms with Crippen LogP contribution in [0.3, 0.4) is 0 Å². The Morgan fingerprint density at radius 3 is 2.55 bits per heavy atom. The minimum Gasteiger partial charge on any atom is -0.478 e. The van der Waals surface area contributed by atoms with Crippen molar-refractivity contribution in [2.45, 2.75) is 57.2 Å². The second kappa shape index (κ2) is 8.15. The van der Waals surface area contributed by atoms with Crippen molar-refractivity contribution in [2.75, 3.05) is 0 Å². The monoisotopic (exact) mass is 452 g/mol. The van der Waals surface area contributed by atoms with Gasteiger partial charge in [0.25, 0.3) is 0 Å². The molecule has 0 fully saturated rings. The molecule has 0 spiro atoms. The Hall–Kier alpha value is -2.61. The highest BCUT2D eigenvalue weighted by Crippen LogP contribution is 2.38. The molecule has 1 N–H and O–H groups in total.